The minimum Gasteiger partial charge on any atom is -0.395 e. The Morgan fingerprint density at radius 2 is 2.08 bits per heavy atom. The Kier molecular flexibility index (Phi) is 5.14. The lowest BCUT2D eigenvalue weighted by molar-refractivity contribution is -0.110. The third-order valence-electron chi connectivity index (χ3n) is 3.57. The maximum Gasteiger partial charge on any atom is 0.280 e. The first-order valence-electron chi connectivity index (χ1n) is 7.77. The first kappa shape index (κ1) is 17.6. The number of thiazole rings is 1. The predicted molar refractivity (Wildman–Crippen MR) is 95.6 cm³/mol. The van der Waals surface area contributed by atoms with E-state index in [1.807, 2.05) is 0 Å². The molecule has 1 N–H and O–H groups in total. The number of nitrogens with one attached hydrogen (secondary N) is 1. The molecule has 2 aromatic rings. The van der Waals surface area contributed by atoms with Crippen molar-refractivity contribution in [2.45, 2.75) is 29.9 Å². The van der Waals surface area contributed by atoms with Crippen LogP contribution in [0, 0.1) is 0 Å². The van der Waals surface area contributed by atoms with Crippen molar-refractivity contribution in [2.75, 3.05) is 11.9 Å². The highest BCUT2D eigenvalue weighted by atomic mass is 32.2. The molecular formula is C16H17N3O4S2. The van der Waals surface area contributed by atoms with Crippen molar-refractivity contribution in [1.82, 2.24) is 4.98 Å². The topological polar surface area (TPSA) is 97.7 Å². The zero-order valence-electron chi connectivity index (χ0n) is 13.5. The van der Waals surface area contributed by atoms with Gasteiger partial charge in [-0.05, 0) is 31.9 Å². The highest BCUT2D eigenvalue weighted by Crippen LogP contribution is 2.33. The SMILES string of the molecule is CCO/N=C(/C(=O)Nc1nccs1)c1ccc(S(=O)(=O)C2CC2)cc1. The minimum atomic E-state index is -3.27. The fourth-order valence-corrected chi connectivity index (χ4v) is 4.35. The molecule has 132 valence electrons. The number of amides is 1. The van der Waals surface area contributed by atoms with Crippen LogP contribution in [0.4, 0.5) is 5.13 Å². The summed E-state index contributed by atoms with van der Waals surface area (Å²) in [6, 6.07) is 6.13. The highest BCUT2D eigenvalue weighted by molar-refractivity contribution is 7.92. The average Bonchev–Trinajstić information content (AvgIpc) is 3.35. The van der Waals surface area contributed by atoms with Crippen LogP contribution >= 0.6 is 11.3 Å². The van der Waals surface area contributed by atoms with Crippen LogP contribution in [-0.2, 0) is 19.5 Å². The van der Waals surface area contributed by atoms with Gasteiger partial charge in [0.05, 0.1) is 10.1 Å². The highest BCUT2D eigenvalue weighted by Gasteiger charge is 2.36. The number of aromatic nitrogens is 1. The number of anilines is 1. The number of sulfone groups is 1. The number of carbonyl (C=O) groups is 1. The Morgan fingerprint density at radius 1 is 1.36 bits per heavy atom. The smallest absolute Gasteiger partial charge is 0.280 e. The van der Waals surface area contributed by atoms with Crippen molar-refractivity contribution < 1.29 is 18.0 Å². The minimum absolute atomic E-state index is 0.0624. The molecule has 7 nitrogen and oxygen atoms in total. The van der Waals surface area contributed by atoms with Gasteiger partial charge < -0.3 is 4.84 Å². The van der Waals surface area contributed by atoms with Gasteiger partial charge in [-0.2, -0.15) is 0 Å². The molecule has 0 saturated heterocycles. The molecule has 1 fully saturated rings. The molecule has 0 bridgehead atoms. The second kappa shape index (κ2) is 7.32. The van der Waals surface area contributed by atoms with Crippen LogP contribution in [0.15, 0.2) is 45.9 Å². The molecule has 1 aromatic heterocycles. The van der Waals surface area contributed by atoms with Crippen LogP contribution in [0.25, 0.3) is 0 Å². The quantitative estimate of drug-likeness (QED) is 0.589. The van der Waals surface area contributed by atoms with E-state index in [1.165, 1.54) is 23.5 Å². The van der Waals surface area contributed by atoms with Crippen LogP contribution in [0.3, 0.4) is 0 Å². The van der Waals surface area contributed by atoms with Gasteiger partial charge in [0.25, 0.3) is 5.91 Å². The first-order chi connectivity index (χ1) is 12.0. The number of carbonyl (C=O) groups excluding carboxylic acids is 1. The van der Waals surface area contributed by atoms with Crippen molar-refractivity contribution in [3.8, 4) is 0 Å². The van der Waals surface area contributed by atoms with Crippen LogP contribution in [0.1, 0.15) is 25.3 Å². The molecule has 3 rings (SSSR count). The first-order valence-corrected chi connectivity index (χ1v) is 10.2. The summed E-state index contributed by atoms with van der Waals surface area (Å²) in [5.74, 6) is -0.471. The van der Waals surface area contributed by atoms with Gasteiger partial charge in [-0.15, -0.1) is 11.3 Å². The van der Waals surface area contributed by atoms with E-state index in [0.29, 0.717) is 30.1 Å². The zero-order valence-corrected chi connectivity index (χ0v) is 15.1. The lowest BCUT2D eigenvalue weighted by Gasteiger charge is -2.08. The molecule has 0 unspecified atom stereocenters. The van der Waals surface area contributed by atoms with Gasteiger partial charge in [0.2, 0.25) is 0 Å². The average molecular weight is 379 g/mol. The fourth-order valence-electron chi connectivity index (χ4n) is 2.17. The van der Waals surface area contributed by atoms with E-state index < -0.39 is 15.7 Å². The molecular weight excluding hydrogens is 362 g/mol. The van der Waals surface area contributed by atoms with E-state index in [2.05, 4.69) is 15.5 Å². The zero-order chi connectivity index (χ0) is 17.9. The van der Waals surface area contributed by atoms with Gasteiger partial charge >= 0.3 is 0 Å². The summed E-state index contributed by atoms with van der Waals surface area (Å²) >= 11 is 1.29. The van der Waals surface area contributed by atoms with E-state index in [0.717, 1.165) is 0 Å². The maximum absolute atomic E-state index is 12.4. The summed E-state index contributed by atoms with van der Waals surface area (Å²) < 4.78 is 24.5. The predicted octanol–water partition coefficient (Wildman–Crippen LogP) is 2.46. The van der Waals surface area contributed by atoms with Crippen molar-refractivity contribution in [3.63, 3.8) is 0 Å². The third-order valence-corrected chi connectivity index (χ3v) is 6.54. The Bertz CT molecular complexity index is 871. The molecule has 1 amide bonds. The standard InChI is InChI=1S/C16H17N3O4S2/c1-2-23-19-14(15(20)18-16-17-9-10-24-16)11-3-5-12(6-4-11)25(21,22)13-7-8-13/h3-6,9-10,13H,2,7-8H2,1H3,(H,17,18,20)/b19-14+. The molecule has 9 heteroatoms. The van der Waals surface area contributed by atoms with Crippen molar-refractivity contribution in [3.05, 3.63) is 41.4 Å². The van der Waals surface area contributed by atoms with Gasteiger partial charge in [0.1, 0.15) is 6.61 Å². The van der Waals surface area contributed by atoms with E-state index in [9.17, 15) is 13.2 Å². The van der Waals surface area contributed by atoms with E-state index in [4.69, 9.17) is 4.84 Å². The van der Waals surface area contributed by atoms with E-state index in [1.54, 1.807) is 30.6 Å². The molecule has 25 heavy (non-hydrogen) atoms. The van der Waals surface area contributed by atoms with Gasteiger partial charge in [-0.1, -0.05) is 17.3 Å². The molecule has 1 aliphatic carbocycles. The fraction of sp³-hybridized carbons (Fsp3) is 0.312. The number of nitrogens with zero attached hydrogens (tertiary/aromatic N) is 2. The molecule has 1 heterocycles. The van der Waals surface area contributed by atoms with Crippen molar-refractivity contribution in [2.24, 2.45) is 5.16 Å². The largest absolute Gasteiger partial charge is 0.395 e. The molecule has 1 aliphatic rings. The van der Waals surface area contributed by atoms with Gasteiger partial charge in [0.15, 0.2) is 20.7 Å². The summed E-state index contributed by atoms with van der Waals surface area (Å²) in [6.45, 7) is 2.06. The Labute approximate surface area is 149 Å². The van der Waals surface area contributed by atoms with E-state index in [-0.39, 0.29) is 15.9 Å². The monoisotopic (exact) mass is 379 g/mol. The van der Waals surface area contributed by atoms with Gasteiger partial charge in [-0.25, -0.2) is 13.4 Å². The molecule has 0 aliphatic heterocycles. The summed E-state index contributed by atoms with van der Waals surface area (Å²) in [4.78, 5) is 21.7. The second-order valence-electron chi connectivity index (χ2n) is 5.42. The summed E-state index contributed by atoms with van der Waals surface area (Å²) in [5, 5.41) is 8.42. The lowest BCUT2D eigenvalue weighted by Crippen LogP contribution is -2.24. The Morgan fingerprint density at radius 3 is 2.64 bits per heavy atom. The van der Waals surface area contributed by atoms with Crippen LogP contribution in [-0.4, -0.2) is 36.9 Å². The third kappa shape index (κ3) is 4.05. The number of oxime groups is 1. The van der Waals surface area contributed by atoms with Crippen LogP contribution in [0.5, 0.6) is 0 Å². The Hall–Kier alpha value is -2.26. The van der Waals surface area contributed by atoms with Gasteiger partial charge in [0, 0.05) is 17.1 Å². The molecule has 0 spiro atoms. The van der Waals surface area contributed by atoms with Crippen molar-refractivity contribution in [1.29, 1.82) is 0 Å². The Balaban J connectivity index is 1.84. The summed E-state index contributed by atoms with van der Waals surface area (Å²) in [5.41, 5.74) is 0.532. The molecule has 1 saturated carbocycles. The molecule has 0 atom stereocenters. The molecule has 0 radical (unpaired) electrons. The summed E-state index contributed by atoms with van der Waals surface area (Å²) in [6.07, 6.45) is 2.99. The maximum atomic E-state index is 12.4. The molecule has 1 aromatic carbocycles. The van der Waals surface area contributed by atoms with Crippen LogP contribution < -0.4 is 5.32 Å². The number of hydrogen-bond acceptors (Lipinski definition) is 7. The van der Waals surface area contributed by atoms with Gasteiger partial charge in [-0.3, -0.25) is 10.1 Å². The number of rotatable bonds is 7. The normalized spacial score (nSPS) is 15.0. The summed E-state index contributed by atoms with van der Waals surface area (Å²) in [7, 11) is -3.27. The van der Waals surface area contributed by atoms with Crippen LogP contribution in [0.2, 0.25) is 0 Å². The number of hydrogen-bond donors (Lipinski definition) is 1. The van der Waals surface area contributed by atoms with Crippen molar-refractivity contribution >= 4 is 37.9 Å². The van der Waals surface area contributed by atoms with E-state index >= 15 is 0 Å². The second-order valence-corrected chi connectivity index (χ2v) is 8.54. The number of benzene rings is 1. The lowest BCUT2D eigenvalue weighted by atomic mass is 10.1.